The first kappa shape index (κ1) is 32.1. The Hall–Kier alpha value is -3.85. The maximum atomic E-state index is 14.3. The highest BCUT2D eigenvalue weighted by Gasteiger charge is 2.34. The Kier molecular flexibility index (Phi) is 11.2. The van der Waals surface area contributed by atoms with E-state index in [9.17, 15) is 18.0 Å². The summed E-state index contributed by atoms with van der Waals surface area (Å²) < 4.78 is 28.9. The summed E-state index contributed by atoms with van der Waals surface area (Å²) in [5.41, 5.74) is 1.87. The topological polar surface area (TPSA) is 86.8 Å². The second-order valence-corrected chi connectivity index (χ2v) is 12.7. The number of halogens is 2. The van der Waals surface area contributed by atoms with Crippen LogP contribution >= 0.6 is 23.2 Å². The van der Waals surface area contributed by atoms with Crippen LogP contribution in [-0.4, -0.2) is 44.3 Å². The molecule has 0 heterocycles. The van der Waals surface area contributed by atoms with Gasteiger partial charge in [-0.05, 0) is 66.1 Å². The Balaban J connectivity index is 1.78. The molecule has 7 nitrogen and oxygen atoms in total. The number of amides is 2. The lowest BCUT2D eigenvalue weighted by atomic mass is 10.0. The number of anilines is 1. The fourth-order valence-electron chi connectivity index (χ4n) is 4.56. The van der Waals surface area contributed by atoms with Crippen LogP contribution in [0.3, 0.4) is 0 Å². The molecule has 0 bridgehead atoms. The number of sulfonamides is 1. The molecular formula is C33H33Cl2N3O4S. The van der Waals surface area contributed by atoms with E-state index in [0.717, 1.165) is 15.4 Å². The number of benzene rings is 4. The van der Waals surface area contributed by atoms with Crippen LogP contribution in [-0.2, 0) is 32.6 Å². The molecule has 0 saturated carbocycles. The Labute approximate surface area is 263 Å². The maximum absolute atomic E-state index is 14.3. The molecule has 43 heavy (non-hydrogen) atoms. The molecule has 0 radical (unpaired) electrons. The summed E-state index contributed by atoms with van der Waals surface area (Å²) in [6.45, 7) is 1.90. The molecule has 4 rings (SSSR count). The van der Waals surface area contributed by atoms with Crippen molar-refractivity contribution in [3.8, 4) is 0 Å². The molecule has 2 amide bonds. The maximum Gasteiger partial charge on any atom is 0.264 e. The van der Waals surface area contributed by atoms with Crippen LogP contribution in [0, 0.1) is 0 Å². The van der Waals surface area contributed by atoms with Crippen molar-refractivity contribution in [3.63, 3.8) is 0 Å². The largest absolute Gasteiger partial charge is 0.354 e. The number of nitrogens with zero attached hydrogens (tertiary/aromatic N) is 2. The van der Waals surface area contributed by atoms with E-state index in [1.165, 1.54) is 17.0 Å². The highest BCUT2D eigenvalue weighted by Crippen LogP contribution is 2.26. The molecule has 0 aliphatic carbocycles. The van der Waals surface area contributed by atoms with E-state index in [1.54, 1.807) is 66.7 Å². The first-order valence-electron chi connectivity index (χ1n) is 13.9. The number of nitrogens with one attached hydrogen (secondary N) is 1. The Morgan fingerprint density at radius 2 is 1.33 bits per heavy atom. The zero-order valence-corrected chi connectivity index (χ0v) is 26.0. The van der Waals surface area contributed by atoms with Crippen LogP contribution in [0.15, 0.2) is 114 Å². The van der Waals surface area contributed by atoms with E-state index in [4.69, 9.17) is 23.2 Å². The van der Waals surface area contributed by atoms with Gasteiger partial charge < -0.3 is 10.2 Å². The zero-order valence-electron chi connectivity index (χ0n) is 23.7. The van der Waals surface area contributed by atoms with Crippen LogP contribution in [0.4, 0.5) is 5.69 Å². The molecule has 1 unspecified atom stereocenters. The number of hydrogen-bond acceptors (Lipinski definition) is 4. The second-order valence-electron chi connectivity index (χ2n) is 9.95. The quantitative estimate of drug-likeness (QED) is 0.185. The minimum absolute atomic E-state index is 0.0310. The van der Waals surface area contributed by atoms with E-state index in [1.807, 2.05) is 37.3 Å². The van der Waals surface area contributed by atoms with Crippen LogP contribution in [0.25, 0.3) is 0 Å². The Morgan fingerprint density at radius 3 is 1.91 bits per heavy atom. The monoisotopic (exact) mass is 637 g/mol. The average Bonchev–Trinajstić information content (AvgIpc) is 3.02. The van der Waals surface area contributed by atoms with Gasteiger partial charge in [0.05, 0.1) is 10.6 Å². The summed E-state index contributed by atoms with van der Waals surface area (Å²) in [7, 11) is -4.17. The summed E-state index contributed by atoms with van der Waals surface area (Å²) in [6.07, 6.45) is 0.955. The van der Waals surface area contributed by atoms with Gasteiger partial charge in [-0.3, -0.25) is 13.9 Å². The van der Waals surface area contributed by atoms with E-state index in [2.05, 4.69) is 5.32 Å². The summed E-state index contributed by atoms with van der Waals surface area (Å²) in [5, 5.41) is 3.89. The molecule has 0 saturated heterocycles. The number of hydrogen-bond donors (Lipinski definition) is 1. The predicted molar refractivity (Wildman–Crippen MR) is 172 cm³/mol. The Morgan fingerprint density at radius 1 is 0.767 bits per heavy atom. The fraction of sp³-hybridized carbons (Fsp3) is 0.212. The lowest BCUT2D eigenvalue weighted by Crippen LogP contribution is -2.53. The van der Waals surface area contributed by atoms with Crippen LogP contribution in [0.2, 0.25) is 10.0 Å². The molecule has 4 aromatic carbocycles. The molecule has 1 atom stereocenters. The molecule has 0 aliphatic heterocycles. The van der Waals surface area contributed by atoms with Gasteiger partial charge in [0, 0.05) is 29.6 Å². The molecule has 1 N–H and O–H groups in total. The third-order valence-electron chi connectivity index (χ3n) is 6.81. The first-order valence-corrected chi connectivity index (χ1v) is 16.1. The van der Waals surface area contributed by atoms with Crippen molar-refractivity contribution in [2.75, 3.05) is 17.4 Å². The predicted octanol–water partition coefficient (Wildman–Crippen LogP) is 6.36. The van der Waals surface area contributed by atoms with Gasteiger partial charge in [-0.2, -0.15) is 0 Å². The molecular weight excluding hydrogens is 605 g/mol. The molecule has 10 heteroatoms. The molecule has 224 valence electrons. The van der Waals surface area contributed by atoms with Crippen molar-refractivity contribution in [3.05, 3.63) is 130 Å². The van der Waals surface area contributed by atoms with Crippen molar-refractivity contribution in [1.29, 1.82) is 0 Å². The SMILES string of the molecule is CCCNC(=O)C(Cc1ccccc1)N(Cc1ccc(Cl)cc1)C(=O)CN(c1ccc(Cl)cc1)S(=O)(=O)c1ccccc1. The van der Waals surface area contributed by atoms with Crippen LogP contribution in [0.5, 0.6) is 0 Å². The highest BCUT2D eigenvalue weighted by atomic mass is 35.5. The first-order chi connectivity index (χ1) is 20.7. The minimum atomic E-state index is -4.17. The van der Waals surface area contributed by atoms with Crippen molar-refractivity contribution < 1.29 is 18.0 Å². The minimum Gasteiger partial charge on any atom is -0.354 e. The van der Waals surface area contributed by atoms with Crippen molar-refractivity contribution in [1.82, 2.24) is 10.2 Å². The van der Waals surface area contributed by atoms with Crippen LogP contribution < -0.4 is 9.62 Å². The lowest BCUT2D eigenvalue weighted by Gasteiger charge is -2.34. The van der Waals surface area contributed by atoms with E-state index >= 15 is 0 Å². The summed E-state index contributed by atoms with van der Waals surface area (Å²) >= 11 is 12.2. The smallest absolute Gasteiger partial charge is 0.264 e. The number of carbonyl (C=O) groups is 2. The summed E-state index contributed by atoms with van der Waals surface area (Å²) in [5.74, 6) is -0.867. The standard InChI is InChI=1S/C33H33Cl2N3O4S/c1-2-21-36-33(40)31(22-25-9-5-3-6-10-25)37(23-26-13-15-27(34)16-14-26)32(39)24-38(29-19-17-28(35)18-20-29)43(41,42)30-11-7-4-8-12-30/h3-20,31H,2,21-24H2,1H3,(H,36,40). The van der Waals surface area contributed by atoms with Gasteiger partial charge in [0.2, 0.25) is 11.8 Å². The van der Waals surface area contributed by atoms with Crippen LogP contribution in [0.1, 0.15) is 24.5 Å². The number of carbonyl (C=O) groups excluding carboxylic acids is 2. The lowest BCUT2D eigenvalue weighted by molar-refractivity contribution is -0.140. The molecule has 4 aromatic rings. The van der Waals surface area contributed by atoms with Gasteiger partial charge in [-0.15, -0.1) is 0 Å². The van der Waals surface area contributed by atoms with Gasteiger partial charge in [-0.25, -0.2) is 8.42 Å². The number of rotatable bonds is 13. The van der Waals surface area contributed by atoms with Crippen molar-refractivity contribution in [2.45, 2.75) is 37.2 Å². The van der Waals surface area contributed by atoms with E-state index in [-0.39, 0.29) is 29.5 Å². The van der Waals surface area contributed by atoms with Gasteiger partial charge in [-0.1, -0.05) is 90.8 Å². The third-order valence-corrected chi connectivity index (χ3v) is 9.10. The van der Waals surface area contributed by atoms with Crippen molar-refractivity contribution >= 4 is 50.7 Å². The highest BCUT2D eigenvalue weighted by molar-refractivity contribution is 7.92. The van der Waals surface area contributed by atoms with Crippen molar-refractivity contribution in [2.24, 2.45) is 0 Å². The summed E-state index contributed by atoms with van der Waals surface area (Å²) in [6, 6.07) is 29.6. The molecule has 0 aromatic heterocycles. The normalized spacial score (nSPS) is 11.9. The summed E-state index contributed by atoms with van der Waals surface area (Å²) in [4.78, 5) is 29.5. The molecule has 0 spiro atoms. The van der Waals surface area contributed by atoms with Gasteiger partial charge in [0.15, 0.2) is 0 Å². The fourth-order valence-corrected chi connectivity index (χ4v) is 6.25. The Bertz CT molecular complexity index is 1600. The molecule has 0 aliphatic rings. The average molecular weight is 639 g/mol. The van der Waals surface area contributed by atoms with E-state index in [0.29, 0.717) is 23.0 Å². The zero-order chi connectivity index (χ0) is 30.8. The van der Waals surface area contributed by atoms with E-state index < -0.39 is 28.5 Å². The molecule has 0 fully saturated rings. The third kappa shape index (κ3) is 8.60. The van der Waals surface area contributed by atoms with Gasteiger partial charge in [0.1, 0.15) is 12.6 Å². The van der Waals surface area contributed by atoms with Gasteiger partial charge in [0.25, 0.3) is 10.0 Å². The van der Waals surface area contributed by atoms with Gasteiger partial charge >= 0.3 is 0 Å². The second kappa shape index (κ2) is 15.0.